The number of hydrogen-bond donors (Lipinski definition) is 4. The van der Waals surface area contributed by atoms with E-state index in [4.69, 9.17) is 5.73 Å². The van der Waals surface area contributed by atoms with Gasteiger partial charge in [-0.15, -0.1) is 0 Å². The minimum absolute atomic E-state index is 0.0420. The van der Waals surface area contributed by atoms with Gasteiger partial charge in [0.1, 0.15) is 0 Å². The molecule has 0 bridgehead atoms. The summed E-state index contributed by atoms with van der Waals surface area (Å²) >= 11 is 1.89. The van der Waals surface area contributed by atoms with E-state index >= 15 is 0 Å². The van der Waals surface area contributed by atoms with Crippen molar-refractivity contribution in [3.63, 3.8) is 0 Å². The summed E-state index contributed by atoms with van der Waals surface area (Å²) in [7, 11) is 0. The predicted molar refractivity (Wildman–Crippen MR) is 97.5 cm³/mol. The van der Waals surface area contributed by atoms with E-state index in [0.29, 0.717) is 22.9 Å². The van der Waals surface area contributed by atoms with E-state index in [1.165, 1.54) is 0 Å². The number of fused-ring (bicyclic) bond motifs is 1. The fourth-order valence-corrected chi connectivity index (χ4v) is 4.76. The highest BCUT2D eigenvalue weighted by molar-refractivity contribution is 8.00. The van der Waals surface area contributed by atoms with Gasteiger partial charge in [-0.2, -0.15) is 11.8 Å². The molecule has 3 atom stereocenters. The third-order valence-electron chi connectivity index (χ3n) is 4.53. The van der Waals surface area contributed by atoms with Crippen LogP contribution < -0.4 is 21.7 Å². The largest absolute Gasteiger partial charge is 0.366 e. The first-order chi connectivity index (χ1) is 12.0. The number of nitrogens with two attached hydrogens (primary N) is 1. The summed E-state index contributed by atoms with van der Waals surface area (Å²) in [5, 5.41) is 9.15. The molecular formula is C17H22N4O3S. The molecule has 7 nitrogen and oxygen atoms in total. The molecule has 2 aliphatic rings. The van der Waals surface area contributed by atoms with Crippen molar-refractivity contribution in [2.24, 2.45) is 5.73 Å². The first-order valence-electron chi connectivity index (χ1n) is 8.41. The number of carbonyl (C=O) groups is 3. The van der Waals surface area contributed by atoms with E-state index in [9.17, 15) is 14.4 Å². The molecule has 2 aliphatic heterocycles. The monoisotopic (exact) mass is 362 g/mol. The molecule has 134 valence electrons. The van der Waals surface area contributed by atoms with Crippen LogP contribution >= 0.6 is 11.8 Å². The smallest absolute Gasteiger partial charge is 0.315 e. The molecule has 3 unspecified atom stereocenters. The van der Waals surface area contributed by atoms with Gasteiger partial charge >= 0.3 is 6.03 Å². The Morgan fingerprint density at radius 2 is 1.96 bits per heavy atom. The molecule has 1 aromatic carbocycles. The van der Waals surface area contributed by atoms with Crippen molar-refractivity contribution in [3.8, 4) is 0 Å². The first-order valence-corrected chi connectivity index (χ1v) is 9.46. The van der Waals surface area contributed by atoms with E-state index in [-0.39, 0.29) is 24.0 Å². The zero-order valence-electron chi connectivity index (χ0n) is 13.8. The third kappa shape index (κ3) is 4.45. The first kappa shape index (κ1) is 17.6. The molecule has 3 rings (SSSR count). The number of benzene rings is 1. The van der Waals surface area contributed by atoms with Crippen LogP contribution in [-0.2, 0) is 4.79 Å². The van der Waals surface area contributed by atoms with Gasteiger partial charge in [0.05, 0.1) is 12.1 Å². The highest BCUT2D eigenvalue weighted by atomic mass is 32.2. The summed E-state index contributed by atoms with van der Waals surface area (Å²) in [4.78, 5) is 34.3. The number of hydrogen-bond acceptors (Lipinski definition) is 4. The molecule has 0 aliphatic carbocycles. The van der Waals surface area contributed by atoms with Crippen LogP contribution in [0.5, 0.6) is 0 Å². The molecule has 25 heavy (non-hydrogen) atoms. The van der Waals surface area contributed by atoms with E-state index < -0.39 is 5.91 Å². The normalized spacial score (nSPS) is 24.3. The SMILES string of the molecule is NC(=O)c1ccc(NC(=O)CCCCC2SCC3NC(=O)NC32)cc1. The van der Waals surface area contributed by atoms with Crippen molar-refractivity contribution in [1.29, 1.82) is 0 Å². The fraction of sp³-hybridized carbons (Fsp3) is 0.471. The van der Waals surface area contributed by atoms with Crippen molar-refractivity contribution < 1.29 is 14.4 Å². The molecule has 2 fully saturated rings. The summed E-state index contributed by atoms with van der Waals surface area (Å²) in [6, 6.07) is 6.92. The molecule has 0 radical (unpaired) electrons. The van der Waals surface area contributed by atoms with Crippen LogP contribution in [0.25, 0.3) is 0 Å². The Bertz CT molecular complexity index is 664. The van der Waals surface area contributed by atoms with E-state index in [1.807, 2.05) is 11.8 Å². The Kier molecular flexibility index (Phi) is 5.47. The lowest BCUT2D eigenvalue weighted by atomic mass is 10.0. The average Bonchev–Trinajstić information content (AvgIpc) is 3.11. The van der Waals surface area contributed by atoms with Crippen LogP contribution in [0.2, 0.25) is 0 Å². The number of urea groups is 1. The van der Waals surface area contributed by atoms with Gasteiger partial charge in [0.15, 0.2) is 0 Å². The van der Waals surface area contributed by atoms with Gasteiger partial charge in [0.25, 0.3) is 0 Å². The maximum atomic E-state index is 12.0. The summed E-state index contributed by atoms with van der Waals surface area (Å²) in [5.74, 6) is 0.425. The molecule has 2 heterocycles. The highest BCUT2D eigenvalue weighted by Crippen LogP contribution is 2.33. The van der Waals surface area contributed by atoms with Crippen molar-refractivity contribution in [1.82, 2.24) is 10.6 Å². The average molecular weight is 362 g/mol. The standard InChI is InChI=1S/C17H22N4O3S/c18-16(23)10-5-7-11(8-6-10)19-14(22)4-2-1-3-13-15-12(9-25-13)20-17(24)21-15/h5-8,12-13,15H,1-4,9H2,(H2,18,23)(H,19,22)(H2,20,21,24). The number of unbranched alkanes of at least 4 members (excludes halogenated alkanes) is 1. The molecule has 0 aromatic heterocycles. The number of carbonyl (C=O) groups excluding carboxylic acids is 3. The molecule has 0 spiro atoms. The maximum Gasteiger partial charge on any atom is 0.315 e. The lowest BCUT2D eigenvalue weighted by Gasteiger charge is -2.16. The Hall–Kier alpha value is -2.22. The lowest BCUT2D eigenvalue weighted by Crippen LogP contribution is -2.36. The molecule has 0 saturated carbocycles. The summed E-state index contributed by atoms with van der Waals surface area (Å²) in [6.07, 6.45) is 3.20. The number of amides is 4. The number of nitrogens with one attached hydrogen (secondary N) is 3. The van der Waals surface area contributed by atoms with Gasteiger partial charge in [-0.25, -0.2) is 4.79 Å². The number of anilines is 1. The molecule has 2 saturated heterocycles. The van der Waals surface area contributed by atoms with E-state index in [2.05, 4.69) is 16.0 Å². The van der Waals surface area contributed by atoms with Crippen molar-refractivity contribution in [2.45, 2.75) is 43.0 Å². The number of rotatable bonds is 7. The van der Waals surface area contributed by atoms with E-state index in [0.717, 1.165) is 25.0 Å². The predicted octanol–water partition coefficient (Wildman–Crippen LogP) is 1.45. The van der Waals surface area contributed by atoms with Gasteiger partial charge in [0, 0.05) is 28.7 Å². The Balaban J connectivity index is 1.35. The van der Waals surface area contributed by atoms with Crippen molar-refractivity contribution >= 4 is 35.3 Å². The molecule has 8 heteroatoms. The lowest BCUT2D eigenvalue weighted by molar-refractivity contribution is -0.116. The van der Waals surface area contributed by atoms with Crippen molar-refractivity contribution in [2.75, 3.05) is 11.1 Å². The second kappa shape index (κ2) is 7.77. The summed E-state index contributed by atoms with van der Waals surface area (Å²) in [5.41, 5.74) is 6.25. The highest BCUT2D eigenvalue weighted by Gasteiger charge is 2.42. The number of thioether (sulfide) groups is 1. The fourth-order valence-electron chi connectivity index (χ4n) is 3.22. The number of primary amides is 1. The second-order valence-electron chi connectivity index (χ2n) is 6.36. The Morgan fingerprint density at radius 1 is 1.20 bits per heavy atom. The minimum atomic E-state index is -0.487. The van der Waals surface area contributed by atoms with Crippen LogP contribution in [0.1, 0.15) is 36.0 Å². The minimum Gasteiger partial charge on any atom is -0.366 e. The van der Waals surface area contributed by atoms with Crippen LogP contribution in [0, 0.1) is 0 Å². The molecule has 5 N–H and O–H groups in total. The molecule has 1 aromatic rings. The van der Waals surface area contributed by atoms with Crippen LogP contribution in [0.15, 0.2) is 24.3 Å². The second-order valence-corrected chi connectivity index (χ2v) is 7.63. The topological polar surface area (TPSA) is 113 Å². The Morgan fingerprint density at radius 3 is 2.68 bits per heavy atom. The molecule has 4 amide bonds. The summed E-state index contributed by atoms with van der Waals surface area (Å²) in [6.45, 7) is 0. The maximum absolute atomic E-state index is 12.0. The van der Waals surface area contributed by atoms with Gasteiger partial charge < -0.3 is 21.7 Å². The summed E-state index contributed by atoms with van der Waals surface area (Å²) < 4.78 is 0. The van der Waals surface area contributed by atoms with Gasteiger partial charge in [-0.1, -0.05) is 6.42 Å². The zero-order chi connectivity index (χ0) is 17.8. The van der Waals surface area contributed by atoms with Gasteiger partial charge in [0.2, 0.25) is 11.8 Å². The van der Waals surface area contributed by atoms with Gasteiger partial charge in [-0.3, -0.25) is 9.59 Å². The van der Waals surface area contributed by atoms with Crippen LogP contribution in [0.4, 0.5) is 10.5 Å². The third-order valence-corrected chi connectivity index (χ3v) is 6.04. The quantitative estimate of drug-likeness (QED) is 0.434. The Labute approximate surface area is 150 Å². The van der Waals surface area contributed by atoms with Crippen LogP contribution in [0.3, 0.4) is 0 Å². The van der Waals surface area contributed by atoms with E-state index in [1.54, 1.807) is 24.3 Å². The van der Waals surface area contributed by atoms with Crippen LogP contribution in [-0.4, -0.2) is 40.9 Å². The van der Waals surface area contributed by atoms with Crippen molar-refractivity contribution in [3.05, 3.63) is 29.8 Å². The molecular weight excluding hydrogens is 340 g/mol. The van der Waals surface area contributed by atoms with Gasteiger partial charge in [-0.05, 0) is 37.1 Å². The zero-order valence-corrected chi connectivity index (χ0v) is 14.6.